The van der Waals surface area contributed by atoms with Crippen molar-refractivity contribution in [2.75, 3.05) is 17.2 Å². The van der Waals surface area contributed by atoms with E-state index in [0.717, 1.165) is 25.0 Å². The Kier molecular flexibility index (Phi) is 6.81. The fourth-order valence-electron chi connectivity index (χ4n) is 2.11. The normalized spacial score (nSPS) is 10.1. The number of hydrogen-bond acceptors (Lipinski definition) is 5. The summed E-state index contributed by atoms with van der Waals surface area (Å²) in [7, 11) is 0. The maximum Gasteiger partial charge on any atom is 0.338 e. The molecular formula is C18H18FN3O5. The Morgan fingerprint density at radius 2 is 1.74 bits per heavy atom. The number of nitro groups is 1. The summed E-state index contributed by atoms with van der Waals surface area (Å²) in [4.78, 5) is 33.6. The van der Waals surface area contributed by atoms with Gasteiger partial charge in [-0.05, 0) is 42.8 Å². The lowest BCUT2D eigenvalue weighted by atomic mass is 10.2. The van der Waals surface area contributed by atoms with E-state index in [1.165, 1.54) is 30.3 Å². The van der Waals surface area contributed by atoms with Gasteiger partial charge < -0.3 is 15.4 Å². The summed E-state index contributed by atoms with van der Waals surface area (Å²) < 4.78 is 18.4. The number of rotatable bonds is 7. The SMILES string of the molecule is CCCCOC(=O)c1ccc(NC(=O)Nc2ccc(F)c([N+](=O)[O-])c2)cc1. The summed E-state index contributed by atoms with van der Waals surface area (Å²) >= 11 is 0. The van der Waals surface area contributed by atoms with Gasteiger partial charge >= 0.3 is 17.7 Å². The molecule has 0 fully saturated rings. The molecule has 0 heterocycles. The van der Waals surface area contributed by atoms with E-state index >= 15 is 0 Å². The van der Waals surface area contributed by atoms with Crippen LogP contribution >= 0.6 is 0 Å². The van der Waals surface area contributed by atoms with Gasteiger partial charge in [0.15, 0.2) is 0 Å². The number of nitrogens with one attached hydrogen (secondary N) is 2. The average molecular weight is 375 g/mol. The molecule has 9 heteroatoms. The van der Waals surface area contributed by atoms with Crippen molar-refractivity contribution in [1.82, 2.24) is 0 Å². The van der Waals surface area contributed by atoms with Crippen molar-refractivity contribution in [2.45, 2.75) is 19.8 Å². The van der Waals surface area contributed by atoms with E-state index in [1.807, 2.05) is 6.92 Å². The average Bonchev–Trinajstić information content (AvgIpc) is 2.63. The van der Waals surface area contributed by atoms with Gasteiger partial charge in [0.1, 0.15) is 0 Å². The highest BCUT2D eigenvalue weighted by atomic mass is 19.1. The van der Waals surface area contributed by atoms with Crippen molar-refractivity contribution in [3.63, 3.8) is 0 Å². The number of carbonyl (C=O) groups is 2. The number of ether oxygens (including phenoxy) is 1. The Labute approximate surface area is 154 Å². The molecule has 2 aromatic carbocycles. The molecule has 8 nitrogen and oxygen atoms in total. The molecule has 0 saturated carbocycles. The van der Waals surface area contributed by atoms with Crippen LogP contribution in [-0.4, -0.2) is 23.5 Å². The first-order chi connectivity index (χ1) is 12.9. The maximum atomic E-state index is 13.3. The Hall–Kier alpha value is -3.49. The molecule has 0 radical (unpaired) electrons. The molecular weight excluding hydrogens is 357 g/mol. The minimum atomic E-state index is -0.993. The second-order valence-corrected chi connectivity index (χ2v) is 5.57. The van der Waals surface area contributed by atoms with Gasteiger partial charge in [-0.2, -0.15) is 4.39 Å². The number of esters is 1. The van der Waals surface area contributed by atoms with Crippen molar-refractivity contribution in [1.29, 1.82) is 0 Å². The predicted octanol–water partition coefficient (Wildman–Crippen LogP) is 4.33. The fourth-order valence-corrected chi connectivity index (χ4v) is 2.11. The molecule has 0 aliphatic carbocycles. The second-order valence-electron chi connectivity index (χ2n) is 5.57. The highest BCUT2D eigenvalue weighted by Crippen LogP contribution is 2.21. The largest absolute Gasteiger partial charge is 0.462 e. The van der Waals surface area contributed by atoms with Crippen LogP contribution in [-0.2, 0) is 4.74 Å². The predicted molar refractivity (Wildman–Crippen MR) is 97.3 cm³/mol. The number of nitro benzene ring substituents is 1. The van der Waals surface area contributed by atoms with Gasteiger partial charge in [-0.3, -0.25) is 10.1 Å². The van der Waals surface area contributed by atoms with Crippen LogP contribution in [0.3, 0.4) is 0 Å². The number of halogens is 1. The van der Waals surface area contributed by atoms with Gasteiger partial charge in [-0.1, -0.05) is 13.3 Å². The lowest BCUT2D eigenvalue weighted by Crippen LogP contribution is -2.19. The molecule has 0 saturated heterocycles. The highest BCUT2D eigenvalue weighted by Gasteiger charge is 2.15. The number of benzene rings is 2. The topological polar surface area (TPSA) is 111 Å². The van der Waals surface area contributed by atoms with Crippen LogP contribution in [0, 0.1) is 15.9 Å². The van der Waals surface area contributed by atoms with Crippen molar-refractivity contribution in [3.05, 3.63) is 64.0 Å². The van der Waals surface area contributed by atoms with Gasteiger partial charge in [-0.15, -0.1) is 0 Å². The van der Waals surface area contributed by atoms with E-state index in [1.54, 1.807) is 0 Å². The van der Waals surface area contributed by atoms with E-state index < -0.39 is 28.4 Å². The van der Waals surface area contributed by atoms with Crippen molar-refractivity contribution in [2.24, 2.45) is 0 Å². The Balaban J connectivity index is 1.95. The maximum absolute atomic E-state index is 13.3. The monoisotopic (exact) mass is 375 g/mol. The van der Waals surface area contributed by atoms with Crippen molar-refractivity contribution < 1.29 is 23.6 Å². The molecule has 142 valence electrons. The highest BCUT2D eigenvalue weighted by molar-refractivity contribution is 6.00. The van der Waals surface area contributed by atoms with Crippen LogP contribution < -0.4 is 10.6 Å². The summed E-state index contributed by atoms with van der Waals surface area (Å²) in [6.07, 6.45) is 1.70. The smallest absolute Gasteiger partial charge is 0.338 e. The van der Waals surface area contributed by atoms with E-state index in [9.17, 15) is 24.1 Å². The molecule has 0 bridgehead atoms. The van der Waals surface area contributed by atoms with Crippen molar-refractivity contribution in [3.8, 4) is 0 Å². The minimum Gasteiger partial charge on any atom is -0.462 e. The van der Waals surface area contributed by atoms with Crippen LogP contribution in [0.5, 0.6) is 0 Å². The molecule has 0 spiro atoms. The molecule has 2 rings (SSSR count). The number of hydrogen-bond donors (Lipinski definition) is 2. The molecule has 0 unspecified atom stereocenters. The molecule has 0 aromatic heterocycles. The second kappa shape index (κ2) is 9.27. The summed E-state index contributed by atoms with van der Waals surface area (Å²) in [5, 5.41) is 15.6. The number of nitrogens with zero attached hydrogens (tertiary/aromatic N) is 1. The number of carbonyl (C=O) groups excluding carboxylic acids is 2. The zero-order valence-electron chi connectivity index (χ0n) is 14.5. The lowest BCUT2D eigenvalue weighted by Gasteiger charge is -2.09. The lowest BCUT2D eigenvalue weighted by molar-refractivity contribution is -0.387. The standard InChI is InChI=1S/C18H18FN3O5/c1-2-3-10-27-17(23)12-4-6-13(7-5-12)20-18(24)21-14-8-9-15(19)16(11-14)22(25)26/h4-9,11H,2-3,10H2,1H3,(H2,20,21,24). The number of urea groups is 1. The third-order valence-electron chi connectivity index (χ3n) is 3.51. The van der Waals surface area contributed by atoms with E-state index in [2.05, 4.69) is 10.6 Å². The Bertz CT molecular complexity index is 839. The van der Waals surface area contributed by atoms with Crippen LogP contribution in [0.1, 0.15) is 30.1 Å². The Morgan fingerprint density at radius 3 is 2.37 bits per heavy atom. The van der Waals surface area contributed by atoms with Gasteiger partial charge in [0.25, 0.3) is 0 Å². The third-order valence-corrected chi connectivity index (χ3v) is 3.51. The molecule has 0 aliphatic rings. The summed E-state index contributed by atoms with van der Waals surface area (Å²) in [6, 6.07) is 8.40. The van der Waals surface area contributed by atoms with Gasteiger partial charge in [0.2, 0.25) is 5.82 Å². The number of anilines is 2. The third kappa shape index (κ3) is 5.77. The minimum absolute atomic E-state index is 0.0664. The van der Waals surface area contributed by atoms with Crippen LogP contribution in [0.4, 0.5) is 26.2 Å². The van der Waals surface area contributed by atoms with Gasteiger partial charge in [0, 0.05) is 17.4 Å². The number of amides is 2. The van der Waals surface area contributed by atoms with Crippen molar-refractivity contribution >= 4 is 29.1 Å². The summed E-state index contributed by atoms with van der Waals surface area (Å²) in [6.45, 7) is 2.34. The van der Waals surface area contributed by atoms with Crippen LogP contribution in [0.2, 0.25) is 0 Å². The first-order valence-corrected chi connectivity index (χ1v) is 8.20. The van der Waals surface area contributed by atoms with E-state index in [0.29, 0.717) is 17.9 Å². The van der Waals surface area contributed by atoms with Gasteiger partial charge in [0.05, 0.1) is 17.1 Å². The molecule has 2 N–H and O–H groups in total. The molecule has 0 aliphatic heterocycles. The fraction of sp³-hybridized carbons (Fsp3) is 0.222. The molecule has 2 aromatic rings. The van der Waals surface area contributed by atoms with Crippen LogP contribution in [0.25, 0.3) is 0 Å². The molecule has 0 atom stereocenters. The van der Waals surface area contributed by atoms with E-state index in [4.69, 9.17) is 4.74 Å². The first-order valence-electron chi connectivity index (χ1n) is 8.20. The molecule has 2 amide bonds. The summed E-state index contributed by atoms with van der Waals surface area (Å²) in [5.41, 5.74) is 0.0795. The number of unbranched alkanes of at least 4 members (excludes halogenated alkanes) is 1. The quantitative estimate of drug-likeness (QED) is 0.324. The van der Waals surface area contributed by atoms with Gasteiger partial charge in [-0.25, -0.2) is 9.59 Å². The zero-order chi connectivity index (χ0) is 19.8. The Morgan fingerprint density at radius 1 is 1.11 bits per heavy atom. The van der Waals surface area contributed by atoms with E-state index in [-0.39, 0.29) is 5.69 Å². The van der Waals surface area contributed by atoms with Crippen LogP contribution in [0.15, 0.2) is 42.5 Å². The molecule has 27 heavy (non-hydrogen) atoms. The zero-order valence-corrected chi connectivity index (χ0v) is 14.5. The summed E-state index contributed by atoms with van der Waals surface area (Å²) in [5.74, 6) is -1.44. The first kappa shape index (κ1) is 19.8.